The van der Waals surface area contributed by atoms with Gasteiger partial charge in [0.1, 0.15) is 11.4 Å². The number of aliphatic imine (C=N–C) groups is 1. The van der Waals surface area contributed by atoms with Gasteiger partial charge in [0.25, 0.3) is 0 Å². The number of allylic oxidation sites excluding steroid dienone is 1. The van der Waals surface area contributed by atoms with Gasteiger partial charge in [-0.15, -0.1) is 5.10 Å². The summed E-state index contributed by atoms with van der Waals surface area (Å²) in [6.07, 6.45) is 12.6. The number of tetrazole rings is 1. The minimum absolute atomic E-state index is 0.209. The molecule has 0 amide bonds. The summed E-state index contributed by atoms with van der Waals surface area (Å²) in [5.74, 6) is 0.608. The van der Waals surface area contributed by atoms with Gasteiger partial charge in [-0.25, -0.2) is 14.7 Å². The number of aryl methyl sites for hydroxylation is 2. The molecule has 39 heavy (non-hydrogen) atoms. The van der Waals surface area contributed by atoms with Gasteiger partial charge in [-0.2, -0.15) is 0 Å². The van der Waals surface area contributed by atoms with Crippen molar-refractivity contribution in [2.75, 3.05) is 6.61 Å². The summed E-state index contributed by atoms with van der Waals surface area (Å²) in [6.45, 7) is 4.55. The van der Waals surface area contributed by atoms with Crippen LogP contribution >= 0.6 is 0 Å². The number of H-pyrrole nitrogens is 1. The third-order valence-electron chi connectivity index (χ3n) is 7.15. The van der Waals surface area contributed by atoms with Crippen LogP contribution < -0.4 is 5.69 Å². The van der Waals surface area contributed by atoms with Gasteiger partial charge in [-0.1, -0.05) is 37.6 Å². The Bertz CT molecular complexity index is 1570. The van der Waals surface area contributed by atoms with E-state index in [1.807, 2.05) is 36.2 Å². The number of unbranched alkanes of at least 4 members (excludes halogenated alkanes) is 1. The predicted octanol–water partition coefficient (Wildman–Crippen LogP) is 3.60. The van der Waals surface area contributed by atoms with Crippen molar-refractivity contribution < 1.29 is 9.53 Å². The van der Waals surface area contributed by atoms with Gasteiger partial charge in [0, 0.05) is 55.1 Å². The fraction of sp³-hybridized carbons (Fsp3) is 0.357. The van der Waals surface area contributed by atoms with Crippen molar-refractivity contribution in [3.63, 3.8) is 0 Å². The van der Waals surface area contributed by atoms with Gasteiger partial charge in [0.05, 0.1) is 6.61 Å². The molecule has 1 N–H and O–H groups in total. The zero-order valence-corrected chi connectivity index (χ0v) is 22.4. The molecule has 11 heteroatoms. The van der Waals surface area contributed by atoms with Crippen LogP contribution in [0, 0.1) is 0 Å². The second-order valence-corrected chi connectivity index (χ2v) is 9.69. The number of aromatic amines is 1. The normalized spacial score (nSPS) is 16.6. The molecule has 0 fully saturated rings. The van der Waals surface area contributed by atoms with E-state index in [4.69, 9.17) is 4.74 Å². The molecule has 1 aliphatic heterocycles. The summed E-state index contributed by atoms with van der Waals surface area (Å²) < 4.78 is 10.5. The SMILES string of the molecule is CCCCc1cn(-c2c(C(=O)OCC)ccn2C)c(=O)n1CC1(c2cccc(-c3nnn[nH]3)c2)C=CN=CC1. The van der Waals surface area contributed by atoms with Crippen molar-refractivity contribution in [1.82, 2.24) is 34.3 Å². The van der Waals surface area contributed by atoms with Crippen molar-refractivity contribution >= 4 is 12.2 Å². The Morgan fingerprint density at radius 1 is 1.23 bits per heavy atom. The lowest BCUT2D eigenvalue weighted by Crippen LogP contribution is -2.37. The van der Waals surface area contributed by atoms with Crippen LogP contribution in [0.4, 0.5) is 0 Å². The molecular weight excluding hydrogens is 496 g/mol. The van der Waals surface area contributed by atoms with Crippen LogP contribution in [-0.4, -0.2) is 53.1 Å². The molecule has 0 bridgehead atoms. The van der Waals surface area contributed by atoms with E-state index in [1.54, 1.807) is 34.5 Å². The van der Waals surface area contributed by atoms with Crippen molar-refractivity contribution in [3.8, 4) is 17.2 Å². The van der Waals surface area contributed by atoms with Crippen LogP contribution in [0.3, 0.4) is 0 Å². The second kappa shape index (κ2) is 11.1. The largest absolute Gasteiger partial charge is 0.462 e. The molecule has 1 aliphatic rings. The summed E-state index contributed by atoms with van der Waals surface area (Å²) >= 11 is 0. The fourth-order valence-corrected chi connectivity index (χ4v) is 5.09. The van der Waals surface area contributed by atoms with Crippen LogP contribution in [0.1, 0.15) is 54.7 Å². The number of carbonyl (C=O) groups excluding carboxylic acids is 1. The maximum atomic E-state index is 14.1. The quantitative estimate of drug-likeness (QED) is 0.314. The topological polar surface area (TPSA) is 125 Å². The Balaban J connectivity index is 1.62. The molecule has 1 unspecified atom stereocenters. The number of aromatic nitrogens is 7. The molecule has 0 radical (unpaired) electrons. The highest BCUT2D eigenvalue weighted by Crippen LogP contribution is 2.35. The molecule has 0 saturated carbocycles. The van der Waals surface area contributed by atoms with Gasteiger partial charge in [-0.3, -0.25) is 14.1 Å². The molecule has 11 nitrogen and oxygen atoms in total. The molecule has 5 rings (SSSR count). The molecule has 0 aliphatic carbocycles. The van der Waals surface area contributed by atoms with Crippen LogP contribution in [0.15, 0.2) is 64.8 Å². The number of benzene rings is 1. The third-order valence-corrected chi connectivity index (χ3v) is 7.15. The van der Waals surface area contributed by atoms with Gasteiger partial charge in [0.15, 0.2) is 5.82 Å². The van der Waals surface area contributed by atoms with E-state index < -0.39 is 11.4 Å². The van der Waals surface area contributed by atoms with Gasteiger partial charge < -0.3 is 9.30 Å². The molecule has 202 valence electrons. The Morgan fingerprint density at radius 3 is 2.82 bits per heavy atom. The van der Waals surface area contributed by atoms with E-state index in [0.29, 0.717) is 30.2 Å². The number of esters is 1. The number of carbonyl (C=O) groups is 1. The molecule has 4 heterocycles. The maximum absolute atomic E-state index is 14.1. The molecule has 1 aromatic carbocycles. The average Bonchev–Trinajstić information content (AvgIpc) is 3.69. The van der Waals surface area contributed by atoms with E-state index in [-0.39, 0.29) is 12.3 Å². The first kappa shape index (κ1) is 26.1. The number of hydrogen-bond acceptors (Lipinski definition) is 7. The van der Waals surface area contributed by atoms with Crippen LogP contribution in [0.25, 0.3) is 17.2 Å². The van der Waals surface area contributed by atoms with Crippen LogP contribution in [-0.2, 0) is 30.2 Å². The summed E-state index contributed by atoms with van der Waals surface area (Å²) in [7, 11) is 1.82. The summed E-state index contributed by atoms with van der Waals surface area (Å²) in [6, 6.07) is 9.71. The molecule has 3 aromatic heterocycles. The van der Waals surface area contributed by atoms with Crippen molar-refractivity contribution in [3.05, 3.63) is 82.3 Å². The highest BCUT2D eigenvalue weighted by Gasteiger charge is 2.33. The van der Waals surface area contributed by atoms with Gasteiger partial charge in [0.2, 0.25) is 0 Å². The predicted molar refractivity (Wildman–Crippen MR) is 147 cm³/mol. The fourth-order valence-electron chi connectivity index (χ4n) is 5.09. The molecule has 0 saturated heterocycles. The van der Waals surface area contributed by atoms with E-state index in [0.717, 1.165) is 36.1 Å². The van der Waals surface area contributed by atoms with E-state index in [1.165, 1.54) is 0 Å². The summed E-state index contributed by atoms with van der Waals surface area (Å²) in [5.41, 5.74) is 2.40. The standard InChI is InChI=1S/C28H32N8O3/c1-4-6-10-22-18-35(25-23(11-16-34(25)3)26(37)39-5-2)27(38)36(22)19-28(12-14-29-15-13-28)21-9-7-8-20(17-21)24-30-32-33-31-24/h7-9,11-12,14-18H,4-6,10,13,19H2,1-3H3,(H,30,31,32,33). The molecule has 4 aromatic rings. The number of nitrogens with zero attached hydrogens (tertiary/aromatic N) is 7. The Labute approximate surface area is 225 Å². The highest BCUT2D eigenvalue weighted by atomic mass is 16.5. The van der Waals surface area contributed by atoms with E-state index in [9.17, 15) is 9.59 Å². The second-order valence-electron chi connectivity index (χ2n) is 9.69. The Morgan fingerprint density at radius 2 is 2.10 bits per heavy atom. The first-order valence-electron chi connectivity index (χ1n) is 13.1. The van der Waals surface area contributed by atoms with Crippen molar-refractivity contribution in [2.45, 2.75) is 51.5 Å². The van der Waals surface area contributed by atoms with E-state index >= 15 is 0 Å². The minimum atomic E-state index is -0.527. The zero-order valence-electron chi connectivity index (χ0n) is 22.4. The minimum Gasteiger partial charge on any atom is -0.462 e. The lowest BCUT2D eigenvalue weighted by atomic mass is 9.76. The lowest BCUT2D eigenvalue weighted by Gasteiger charge is -2.32. The maximum Gasteiger partial charge on any atom is 0.341 e. The van der Waals surface area contributed by atoms with E-state index in [2.05, 4.69) is 50.7 Å². The number of rotatable bonds is 10. The van der Waals surface area contributed by atoms with Gasteiger partial charge in [-0.05, 0) is 54.3 Å². The third kappa shape index (κ3) is 4.99. The molecule has 1 atom stereocenters. The summed E-state index contributed by atoms with van der Waals surface area (Å²) in [5, 5.41) is 14.3. The smallest absolute Gasteiger partial charge is 0.341 e. The average molecular weight is 529 g/mol. The summed E-state index contributed by atoms with van der Waals surface area (Å²) in [4.78, 5) is 31.1. The van der Waals surface area contributed by atoms with Crippen LogP contribution in [0.2, 0.25) is 0 Å². The van der Waals surface area contributed by atoms with Gasteiger partial charge >= 0.3 is 11.7 Å². The van der Waals surface area contributed by atoms with Crippen molar-refractivity contribution in [2.24, 2.45) is 12.0 Å². The highest BCUT2D eigenvalue weighted by molar-refractivity contribution is 5.93. The number of imidazole rings is 1. The number of hydrogen-bond donors (Lipinski definition) is 1. The zero-order chi connectivity index (χ0) is 27.4. The first-order chi connectivity index (χ1) is 19.0. The van der Waals surface area contributed by atoms with Crippen LogP contribution in [0.5, 0.6) is 0 Å². The molecule has 0 spiro atoms. The van der Waals surface area contributed by atoms with Crippen molar-refractivity contribution in [1.29, 1.82) is 0 Å². The monoisotopic (exact) mass is 528 g/mol. The first-order valence-corrected chi connectivity index (χ1v) is 13.1. The number of nitrogens with one attached hydrogen (secondary N) is 1. The Kier molecular flexibility index (Phi) is 7.40. The number of ether oxygens (including phenoxy) is 1. The Hall–Kier alpha value is -4.54. The molecular formula is C28H32N8O3. The lowest BCUT2D eigenvalue weighted by molar-refractivity contribution is 0.0526.